The van der Waals surface area contributed by atoms with Crippen LogP contribution in [0.5, 0.6) is 0 Å². The van der Waals surface area contributed by atoms with Gasteiger partial charge in [0.15, 0.2) is 16.7 Å². The number of hydrazone groups is 1. The number of nitro benzene ring substituents is 1. The van der Waals surface area contributed by atoms with E-state index in [0.29, 0.717) is 11.0 Å². The quantitative estimate of drug-likeness (QED) is 0.137. The summed E-state index contributed by atoms with van der Waals surface area (Å²) in [6, 6.07) is 25.2. The van der Waals surface area contributed by atoms with Crippen molar-refractivity contribution in [3.05, 3.63) is 95.0 Å². The maximum atomic E-state index is 12.3. The lowest BCUT2D eigenvalue weighted by atomic mass is 10.2. The van der Waals surface area contributed by atoms with E-state index in [0.717, 1.165) is 23.0 Å². The first-order valence-electron chi connectivity index (χ1n) is 9.87. The summed E-state index contributed by atoms with van der Waals surface area (Å²) >= 11 is 1.02. The van der Waals surface area contributed by atoms with Gasteiger partial charge in [-0.1, -0.05) is 60.7 Å². The Morgan fingerprint density at radius 3 is 2.27 bits per heavy atom. The van der Waals surface area contributed by atoms with Crippen LogP contribution in [0.15, 0.2) is 95.2 Å². The standard InChI is InChI=1S/C23H18N6O3S/c1-16(30)22(26-24-19-14-8-9-15-20(19)29(31)32)33-23-27-25-21(17-10-4-2-5-11-17)28(23)18-12-6-3-7-13-18/h2-15,24H,1H3. The maximum absolute atomic E-state index is 12.3. The van der Waals surface area contributed by atoms with Crippen LogP contribution in [-0.4, -0.2) is 30.5 Å². The van der Waals surface area contributed by atoms with E-state index in [1.165, 1.54) is 19.1 Å². The van der Waals surface area contributed by atoms with E-state index in [4.69, 9.17) is 0 Å². The van der Waals surface area contributed by atoms with Gasteiger partial charge >= 0.3 is 0 Å². The van der Waals surface area contributed by atoms with E-state index in [1.54, 1.807) is 12.1 Å². The van der Waals surface area contributed by atoms with Crippen molar-refractivity contribution in [2.45, 2.75) is 12.1 Å². The van der Waals surface area contributed by atoms with E-state index < -0.39 is 4.92 Å². The zero-order valence-corrected chi connectivity index (χ0v) is 18.3. The molecule has 0 unspecified atom stereocenters. The minimum absolute atomic E-state index is 0.0809. The molecule has 4 aromatic rings. The van der Waals surface area contributed by atoms with Crippen LogP contribution in [0.4, 0.5) is 11.4 Å². The molecule has 0 saturated heterocycles. The Labute approximate surface area is 193 Å². The normalized spacial score (nSPS) is 11.2. The van der Waals surface area contributed by atoms with Crippen LogP contribution in [0.1, 0.15) is 6.92 Å². The summed E-state index contributed by atoms with van der Waals surface area (Å²) in [7, 11) is 0. The number of rotatable bonds is 7. The van der Waals surface area contributed by atoms with Gasteiger partial charge in [-0.05, 0) is 30.0 Å². The minimum atomic E-state index is -0.517. The number of hydrogen-bond donors (Lipinski definition) is 1. The number of anilines is 1. The van der Waals surface area contributed by atoms with Crippen LogP contribution >= 0.6 is 11.8 Å². The molecule has 10 heteroatoms. The SMILES string of the molecule is CC(=O)C(=NNc1ccccc1[N+](=O)[O-])Sc1nnc(-c2ccccc2)n1-c1ccccc1. The monoisotopic (exact) mass is 458 g/mol. The number of benzene rings is 3. The molecule has 0 spiro atoms. The molecule has 9 nitrogen and oxygen atoms in total. The zero-order valence-electron chi connectivity index (χ0n) is 17.5. The van der Waals surface area contributed by atoms with Gasteiger partial charge in [0.2, 0.25) is 5.16 Å². The molecule has 164 valence electrons. The number of carbonyl (C=O) groups is 1. The van der Waals surface area contributed by atoms with Gasteiger partial charge in [-0.25, -0.2) is 0 Å². The Morgan fingerprint density at radius 1 is 0.970 bits per heavy atom. The van der Waals surface area contributed by atoms with Gasteiger partial charge in [0.05, 0.1) is 4.92 Å². The summed E-state index contributed by atoms with van der Waals surface area (Å²) in [6.45, 7) is 1.37. The van der Waals surface area contributed by atoms with Gasteiger partial charge in [-0.15, -0.1) is 10.2 Å². The van der Waals surface area contributed by atoms with E-state index >= 15 is 0 Å². The van der Waals surface area contributed by atoms with Gasteiger partial charge in [-0.2, -0.15) is 5.10 Å². The number of nitro groups is 1. The molecule has 1 N–H and O–H groups in total. The van der Waals surface area contributed by atoms with Crippen LogP contribution < -0.4 is 5.43 Å². The van der Waals surface area contributed by atoms with E-state index in [2.05, 4.69) is 20.7 Å². The topological polar surface area (TPSA) is 115 Å². The van der Waals surface area contributed by atoms with Gasteiger partial charge in [0.25, 0.3) is 5.69 Å². The molecule has 1 heterocycles. The van der Waals surface area contributed by atoms with Crippen molar-refractivity contribution >= 4 is 34.0 Å². The van der Waals surface area contributed by atoms with Crippen molar-refractivity contribution in [3.8, 4) is 17.1 Å². The largest absolute Gasteiger partial charge is 0.294 e. The number of nitrogens with zero attached hydrogens (tertiary/aromatic N) is 5. The third kappa shape index (κ3) is 4.96. The molecule has 1 aromatic heterocycles. The second kappa shape index (κ2) is 9.88. The molecule has 0 aliphatic rings. The number of nitrogens with one attached hydrogen (secondary N) is 1. The number of hydrogen-bond acceptors (Lipinski definition) is 8. The predicted octanol–water partition coefficient (Wildman–Crippen LogP) is 4.95. The van der Waals surface area contributed by atoms with E-state index in [-0.39, 0.29) is 22.2 Å². The van der Waals surface area contributed by atoms with Crippen molar-refractivity contribution in [2.75, 3.05) is 5.43 Å². The first kappa shape index (κ1) is 21.9. The first-order chi connectivity index (χ1) is 16.0. The Hall–Kier alpha value is -4.31. The van der Waals surface area contributed by atoms with E-state index in [1.807, 2.05) is 65.2 Å². The number of carbonyl (C=O) groups excluding carboxylic acids is 1. The summed E-state index contributed by atoms with van der Waals surface area (Å²) in [4.78, 5) is 23.1. The highest BCUT2D eigenvalue weighted by Gasteiger charge is 2.20. The highest BCUT2D eigenvalue weighted by atomic mass is 32.2. The summed E-state index contributed by atoms with van der Waals surface area (Å²) in [5.74, 6) is 0.286. The molecule has 0 atom stereocenters. The molecule has 3 aromatic carbocycles. The fraction of sp³-hybridized carbons (Fsp3) is 0.0435. The number of para-hydroxylation sites is 3. The Balaban J connectivity index is 1.73. The number of thioether (sulfide) groups is 1. The van der Waals surface area contributed by atoms with Gasteiger partial charge in [0, 0.05) is 24.2 Å². The molecule has 0 fully saturated rings. The number of Topliss-reactive ketones (excluding diaryl/α,β-unsaturated/α-hetero) is 1. The molecular weight excluding hydrogens is 440 g/mol. The van der Waals surface area contributed by atoms with Gasteiger partial charge in [0.1, 0.15) is 5.69 Å². The smallest absolute Gasteiger partial charge is 0.292 e. The number of ketones is 1. The molecule has 0 radical (unpaired) electrons. The zero-order chi connectivity index (χ0) is 23.2. The minimum Gasteiger partial charge on any atom is -0.292 e. The molecule has 0 amide bonds. The van der Waals surface area contributed by atoms with Crippen LogP contribution in [0.2, 0.25) is 0 Å². The molecule has 33 heavy (non-hydrogen) atoms. The summed E-state index contributed by atoms with van der Waals surface area (Å²) in [6.07, 6.45) is 0. The summed E-state index contributed by atoms with van der Waals surface area (Å²) < 4.78 is 1.84. The van der Waals surface area contributed by atoms with Crippen LogP contribution in [0.3, 0.4) is 0 Å². The van der Waals surface area contributed by atoms with Crippen molar-refractivity contribution in [1.82, 2.24) is 14.8 Å². The fourth-order valence-corrected chi connectivity index (χ4v) is 3.79. The Kier molecular flexibility index (Phi) is 6.56. The molecule has 0 aliphatic carbocycles. The second-order valence-corrected chi connectivity index (χ2v) is 7.76. The van der Waals surface area contributed by atoms with Crippen LogP contribution in [0, 0.1) is 10.1 Å². The Morgan fingerprint density at radius 2 is 1.61 bits per heavy atom. The highest BCUT2D eigenvalue weighted by molar-refractivity contribution is 8.15. The third-order valence-electron chi connectivity index (χ3n) is 4.55. The maximum Gasteiger partial charge on any atom is 0.294 e. The van der Waals surface area contributed by atoms with Gasteiger partial charge in [-0.3, -0.25) is 24.9 Å². The van der Waals surface area contributed by atoms with Crippen molar-refractivity contribution in [1.29, 1.82) is 0 Å². The van der Waals surface area contributed by atoms with Gasteiger partial charge < -0.3 is 0 Å². The first-order valence-corrected chi connectivity index (χ1v) is 10.7. The molecular formula is C23H18N6O3S. The molecule has 0 bridgehead atoms. The lowest BCUT2D eigenvalue weighted by Gasteiger charge is -2.10. The highest BCUT2D eigenvalue weighted by Crippen LogP contribution is 2.29. The third-order valence-corrected chi connectivity index (χ3v) is 5.57. The molecule has 4 rings (SSSR count). The van der Waals surface area contributed by atoms with Crippen molar-refractivity contribution < 1.29 is 9.72 Å². The average Bonchev–Trinajstić information content (AvgIpc) is 3.26. The second-order valence-electron chi connectivity index (χ2n) is 6.80. The average molecular weight is 459 g/mol. The fourth-order valence-electron chi connectivity index (χ4n) is 3.02. The summed E-state index contributed by atoms with van der Waals surface area (Å²) in [5, 5.41) is 24.6. The molecule has 0 aliphatic heterocycles. The Bertz CT molecular complexity index is 1320. The van der Waals surface area contributed by atoms with Crippen molar-refractivity contribution in [3.63, 3.8) is 0 Å². The molecule has 0 saturated carbocycles. The van der Waals surface area contributed by atoms with Crippen LogP contribution in [0.25, 0.3) is 17.1 Å². The lowest BCUT2D eigenvalue weighted by Crippen LogP contribution is -2.10. The van der Waals surface area contributed by atoms with Crippen LogP contribution in [-0.2, 0) is 4.79 Å². The van der Waals surface area contributed by atoms with Crippen molar-refractivity contribution in [2.24, 2.45) is 5.10 Å². The predicted molar refractivity (Wildman–Crippen MR) is 127 cm³/mol. The number of aromatic nitrogens is 3. The van der Waals surface area contributed by atoms with E-state index in [9.17, 15) is 14.9 Å². The lowest BCUT2D eigenvalue weighted by molar-refractivity contribution is -0.384. The summed E-state index contributed by atoms with van der Waals surface area (Å²) in [5.41, 5.74) is 4.35.